The number of hydrogen-bond acceptors (Lipinski definition) is 2. The average molecular weight is 280 g/mol. The molecule has 108 valence electrons. The number of rotatable bonds is 5. The molecular formula is C15H18F2N2O. The van der Waals surface area contributed by atoms with Crippen LogP contribution >= 0.6 is 0 Å². The fourth-order valence-electron chi connectivity index (χ4n) is 2.06. The average Bonchev–Trinajstić information content (AvgIpc) is 2.65. The minimum Gasteiger partial charge on any atom is -0.435 e. The Morgan fingerprint density at radius 2 is 1.85 bits per heavy atom. The molecule has 0 saturated heterocycles. The number of aryl methyl sites for hydroxylation is 1. The zero-order valence-electron chi connectivity index (χ0n) is 11.8. The fraction of sp³-hybridized carbons (Fsp3) is 0.333. The Balaban J connectivity index is 1.98. The fourth-order valence-corrected chi connectivity index (χ4v) is 2.06. The van der Waals surface area contributed by atoms with Gasteiger partial charge in [-0.25, -0.2) is 0 Å². The predicted octanol–water partition coefficient (Wildman–Crippen LogP) is 3.86. The first-order valence-corrected chi connectivity index (χ1v) is 6.38. The van der Waals surface area contributed by atoms with Crippen molar-refractivity contribution < 1.29 is 13.5 Å². The van der Waals surface area contributed by atoms with Crippen molar-refractivity contribution in [2.75, 3.05) is 5.32 Å². The van der Waals surface area contributed by atoms with E-state index in [4.69, 9.17) is 0 Å². The van der Waals surface area contributed by atoms with Crippen LogP contribution in [0.3, 0.4) is 0 Å². The Hall–Kier alpha value is -2.04. The van der Waals surface area contributed by atoms with Crippen molar-refractivity contribution in [1.29, 1.82) is 0 Å². The summed E-state index contributed by atoms with van der Waals surface area (Å²) in [7, 11) is 2.03. The van der Waals surface area contributed by atoms with Crippen molar-refractivity contribution in [3.63, 3.8) is 0 Å². The van der Waals surface area contributed by atoms with Gasteiger partial charge in [0.25, 0.3) is 0 Å². The van der Waals surface area contributed by atoms with Crippen LogP contribution in [-0.4, -0.2) is 11.2 Å². The molecule has 0 aliphatic heterocycles. The number of nitrogens with zero attached hydrogens (tertiary/aromatic N) is 1. The lowest BCUT2D eigenvalue weighted by molar-refractivity contribution is -0.0498. The molecule has 0 aliphatic carbocycles. The van der Waals surface area contributed by atoms with Crippen molar-refractivity contribution >= 4 is 5.69 Å². The van der Waals surface area contributed by atoms with Gasteiger partial charge in [0.1, 0.15) is 5.75 Å². The standard InChI is InChI=1S/C15H18F2N2O/c1-10-8-12(11(2)19(10)3)9-18-13-4-6-14(7-5-13)20-15(16)17/h4-8,15,18H,9H2,1-3H3. The summed E-state index contributed by atoms with van der Waals surface area (Å²) in [5, 5.41) is 3.27. The maximum absolute atomic E-state index is 12.0. The van der Waals surface area contributed by atoms with Crippen LogP contribution in [0, 0.1) is 13.8 Å². The van der Waals surface area contributed by atoms with E-state index in [-0.39, 0.29) is 5.75 Å². The molecule has 0 bridgehead atoms. The van der Waals surface area contributed by atoms with E-state index in [0.29, 0.717) is 6.54 Å². The minimum atomic E-state index is -2.79. The maximum Gasteiger partial charge on any atom is 0.387 e. The molecule has 0 amide bonds. The van der Waals surface area contributed by atoms with Gasteiger partial charge in [-0.05, 0) is 49.7 Å². The van der Waals surface area contributed by atoms with Gasteiger partial charge in [-0.2, -0.15) is 8.78 Å². The monoisotopic (exact) mass is 280 g/mol. The molecule has 0 radical (unpaired) electrons. The zero-order chi connectivity index (χ0) is 14.7. The Kier molecular flexibility index (Phi) is 4.27. The van der Waals surface area contributed by atoms with Crippen LogP contribution in [0.25, 0.3) is 0 Å². The molecular weight excluding hydrogens is 262 g/mol. The first-order chi connectivity index (χ1) is 9.47. The highest BCUT2D eigenvalue weighted by Crippen LogP contribution is 2.19. The van der Waals surface area contributed by atoms with E-state index in [1.165, 1.54) is 29.1 Å². The topological polar surface area (TPSA) is 26.2 Å². The second-order valence-corrected chi connectivity index (χ2v) is 4.71. The minimum absolute atomic E-state index is 0.164. The molecule has 20 heavy (non-hydrogen) atoms. The van der Waals surface area contributed by atoms with Gasteiger partial charge in [-0.15, -0.1) is 0 Å². The van der Waals surface area contributed by atoms with Gasteiger partial charge < -0.3 is 14.6 Å². The number of aromatic nitrogens is 1. The summed E-state index contributed by atoms with van der Waals surface area (Å²) in [6.07, 6.45) is 0. The number of benzene rings is 1. The molecule has 0 atom stereocenters. The maximum atomic E-state index is 12.0. The van der Waals surface area contributed by atoms with Crippen molar-refractivity contribution in [2.24, 2.45) is 7.05 Å². The molecule has 0 aliphatic rings. The smallest absolute Gasteiger partial charge is 0.387 e. The molecule has 0 spiro atoms. The molecule has 1 N–H and O–H groups in total. The van der Waals surface area contributed by atoms with Gasteiger partial charge in [0.05, 0.1) is 0 Å². The molecule has 0 unspecified atom stereocenters. The van der Waals surface area contributed by atoms with E-state index in [1.807, 2.05) is 7.05 Å². The summed E-state index contributed by atoms with van der Waals surface area (Å²) in [6.45, 7) is 2.04. The molecule has 1 aromatic heterocycles. The third-order valence-corrected chi connectivity index (χ3v) is 3.44. The van der Waals surface area contributed by atoms with E-state index in [9.17, 15) is 8.78 Å². The molecule has 1 heterocycles. The quantitative estimate of drug-likeness (QED) is 0.900. The van der Waals surface area contributed by atoms with Gasteiger partial charge in [-0.3, -0.25) is 0 Å². The third kappa shape index (κ3) is 3.29. The third-order valence-electron chi connectivity index (χ3n) is 3.44. The number of ether oxygens (including phenoxy) is 1. The second-order valence-electron chi connectivity index (χ2n) is 4.71. The van der Waals surface area contributed by atoms with Crippen molar-refractivity contribution in [3.05, 3.63) is 47.3 Å². The Morgan fingerprint density at radius 3 is 2.35 bits per heavy atom. The first-order valence-electron chi connectivity index (χ1n) is 6.38. The van der Waals surface area contributed by atoms with Gasteiger partial charge in [-0.1, -0.05) is 0 Å². The molecule has 0 saturated carbocycles. The largest absolute Gasteiger partial charge is 0.435 e. The van der Waals surface area contributed by atoms with Crippen LogP contribution in [0.4, 0.5) is 14.5 Å². The number of halogens is 2. The SMILES string of the molecule is Cc1cc(CNc2ccc(OC(F)F)cc2)c(C)n1C. The normalized spacial score (nSPS) is 10.9. The highest BCUT2D eigenvalue weighted by molar-refractivity contribution is 5.47. The van der Waals surface area contributed by atoms with E-state index in [2.05, 4.69) is 34.5 Å². The lowest BCUT2D eigenvalue weighted by atomic mass is 10.2. The van der Waals surface area contributed by atoms with E-state index in [0.717, 1.165) is 5.69 Å². The first kappa shape index (κ1) is 14.4. The van der Waals surface area contributed by atoms with Gasteiger partial charge >= 0.3 is 6.61 Å². The highest BCUT2D eigenvalue weighted by atomic mass is 19.3. The number of nitrogens with one attached hydrogen (secondary N) is 1. The summed E-state index contributed by atoms with van der Waals surface area (Å²) in [5.74, 6) is 0.164. The van der Waals surface area contributed by atoms with E-state index >= 15 is 0 Å². The van der Waals surface area contributed by atoms with Crippen molar-refractivity contribution in [1.82, 2.24) is 4.57 Å². The number of anilines is 1. The summed E-state index contributed by atoms with van der Waals surface area (Å²) >= 11 is 0. The van der Waals surface area contributed by atoms with Gasteiger partial charge in [0, 0.05) is 30.7 Å². The molecule has 0 fully saturated rings. The van der Waals surface area contributed by atoms with Crippen LogP contribution in [0.15, 0.2) is 30.3 Å². The van der Waals surface area contributed by atoms with Crippen LogP contribution in [0.1, 0.15) is 17.0 Å². The highest BCUT2D eigenvalue weighted by Gasteiger charge is 2.06. The molecule has 2 rings (SSSR count). The lowest BCUT2D eigenvalue weighted by Crippen LogP contribution is -2.03. The van der Waals surface area contributed by atoms with E-state index in [1.54, 1.807) is 12.1 Å². The summed E-state index contributed by atoms with van der Waals surface area (Å²) in [6, 6.07) is 8.64. The van der Waals surface area contributed by atoms with Crippen LogP contribution < -0.4 is 10.1 Å². The summed E-state index contributed by atoms with van der Waals surface area (Å²) in [5.41, 5.74) is 4.51. The Labute approximate surface area is 117 Å². The van der Waals surface area contributed by atoms with Crippen LogP contribution in [0.2, 0.25) is 0 Å². The van der Waals surface area contributed by atoms with Gasteiger partial charge in [0.15, 0.2) is 0 Å². The number of hydrogen-bond donors (Lipinski definition) is 1. The van der Waals surface area contributed by atoms with E-state index < -0.39 is 6.61 Å². The summed E-state index contributed by atoms with van der Waals surface area (Å²) < 4.78 is 30.5. The summed E-state index contributed by atoms with van der Waals surface area (Å²) in [4.78, 5) is 0. The van der Waals surface area contributed by atoms with Gasteiger partial charge in [0.2, 0.25) is 0 Å². The van der Waals surface area contributed by atoms with Crippen LogP contribution in [-0.2, 0) is 13.6 Å². The Bertz CT molecular complexity index is 576. The van der Waals surface area contributed by atoms with Crippen molar-refractivity contribution in [2.45, 2.75) is 27.0 Å². The second kappa shape index (κ2) is 5.94. The lowest BCUT2D eigenvalue weighted by Gasteiger charge is -2.08. The predicted molar refractivity (Wildman–Crippen MR) is 75.3 cm³/mol. The molecule has 5 heteroatoms. The molecule has 2 aromatic rings. The zero-order valence-corrected chi connectivity index (χ0v) is 11.8. The van der Waals surface area contributed by atoms with Crippen molar-refractivity contribution in [3.8, 4) is 5.75 Å². The molecule has 3 nitrogen and oxygen atoms in total. The number of alkyl halides is 2. The van der Waals surface area contributed by atoms with Crippen LogP contribution in [0.5, 0.6) is 5.75 Å². The molecule has 1 aromatic carbocycles. The Morgan fingerprint density at radius 1 is 1.20 bits per heavy atom.